The molecule has 1 saturated heterocycles. The number of carbonyl (C=O) groups excluding carboxylic acids is 2. The van der Waals surface area contributed by atoms with Crippen LogP contribution in [-0.4, -0.2) is 23.1 Å². The van der Waals surface area contributed by atoms with Crippen LogP contribution < -0.4 is 10.2 Å². The van der Waals surface area contributed by atoms with Crippen molar-refractivity contribution in [1.29, 1.82) is 0 Å². The Labute approximate surface area is 159 Å². The third-order valence-electron chi connectivity index (χ3n) is 3.49. The number of anilines is 1. The molecule has 0 unspecified atom stereocenters. The number of hydrogen-bond donors (Lipinski definition) is 1. The SMILES string of the molecule is O=C1NC(=S)N(c2ccccc2)C(=O)[C@@H]1C=Nc1ccc(Cl)cc1Cl. The maximum atomic E-state index is 12.7. The topological polar surface area (TPSA) is 61.8 Å². The molecular formula is C17H11Cl2N3O2S. The molecule has 1 N–H and O–H groups in total. The monoisotopic (exact) mass is 391 g/mol. The van der Waals surface area contributed by atoms with Crippen molar-refractivity contribution >= 4 is 69.9 Å². The molecule has 126 valence electrons. The minimum atomic E-state index is -1.11. The number of thiocarbonyl (C=S) groups is 1. The molecule has 2 amide bonds. The van der Waals surface area contributed by atoms with E-state index in [1.54, 1.807) is 36.4 Å². The van der Waals surface area contributed by atoms with Crippen LogP contribution in [0.5, 0.6) is 0 Å². The third-order valence-corrected chi connectivity index (χ3v) is 4.31. The van der Waals surface area contributed by atoms with Gasteiger partial charge >= 0.3 is 0 Å². The van der Waals surface area contributed by atoms with Crippen molar-refractivity contribution in [3.63, 3.8) is 0 Å². The van der Waals surface area contributed by atoms with Crippen LogP contribution in [0.25, 0.3) is 0 Å². The molecule has 0 aromatic heterocycles. The molecule has 1 aliphatic rings. The van der Waals surface area contributed by atoms with Gasteiger partial charge in [0.1, 0.15) is 0 Å². The summed E-state index contributed by atoms with van der Waals surface area (Å²) in [5.74, 6) is -2.12. The molecule has 8 heteroatoms. The fourth-order valence-electron chi connectivity index (χ4n) is 2.28. The van der Waals surface area contributed by atoms with Crippen LogP contribution in [-0.2, 0) is 9.59 Å². The summed E-state index contributed by atoms with van der Waals surface area (Å²) >= 11 is 17.0. The summed E-state index contributed by atoms with van der Waals surface area (Å²) in [6.45, 7) is 0. The number of carbonyl (C=O) groups is 2. The molecule has 2 aromatic rings. The number of aliphatic imine (C=N–C) groups is 1. The van der Waals surface area contributed by atoms with E-state index in [1.807, 2.05) is 6.07 Å². The first kappa shape index (κ1) is 17.5. The number of nitrogens with zero attached hydrogens (tertiary/aromatic N) is 2. The Kier molecular flexibility index (Phi) is 5.13. The van der Waals surface area contributed by atoms with Gasteiger partial charge in [-0.2, -0.15) is 0 Å². The molecule has 0 radical (unpaired) electrons. The van der Waals surface area contributed by atoms with E-state index in [0.717, 1.165) is 0 Å². The number of halogens is 2. The van der Waals surface area contributed by atoms with Gasteiger partial charge in [0.05, 0.1) is 16.4 Å². The predicted octanol–water partition coefficient (Wildman–Crippen LogP) is 3.76. The Morgan fingerprint density at radius 3 is 2.52 bits per heavy atom. The van der Waals surface area contributed by atoms with Crippen LogP contribution in [0.4, 0.5) is 11.4 Å². The highest BCUT2D eigenvalue weighted by Gasteiger charge is 2.38. The van der Waals surface area contributed by atoms with Crippen molar-refractivity contribution in [3.8, 4) is 0 Å². The summed E-state index contributed by atoms with van der Waals surface area (Å²) < 4.78 is 0. The third kappa shape index (κ3) is 3.71. The van der Waals surface area contributed by atoms with Crippen molar-refractivity contribution in [2.75, 3.05) is 4.90 Å². The van der Waals surface area contributed by atoms with Crippen LogP contribution in [0, 0.1) is 5.92 Å². The second-order valence-corrected chi connectivity index (χ2v) is 6.39. The molecule has 1 fully saturated rings. The smallest absolute Gasteiger partial charge is 0.251 e. The summed E-state index contributed by atoms with van der Waals surface area (Å²) in [7, 11) is 0. The van der Waals surface area contributed by atoms with Crippen LogP contribution >= 0.6 is 35.4 Å². The normalized spacial score (nSPS) is 17.9. The Morgan fingerprint density at radius 2 is 1.84 bits per heavy atom. The minimum Gasteiger partial charge on any atom is -0.301 e. The number of nitrogens with one attached hydrogen (secondary N) is 1. The standard InChI is InChI=1S/C17H11Cl2N3O2S/c18-10-6-7-14(13(19)8-10)20-9-12-15(23)21-17(25)22(16(12)24)11-4-2-1-3-5-11/h1-9,12H,(H,21,23,25)/t12-/m1/s1. The van der Waals surface area contributed by atoms with Gasteiger partial charge in [-0.05, 0) is 42.5 Å². The van der Waals surface area contributed by atoms with Gasteiger partial charge in [-0.1, -0.05) is 41.4 Å². The first-order valence-corrected chi connectivity index (χ1v) is 8.37. The van der Waals surface area contributed by atoms with E-state index in [4.69, 9.17) is 35.4 Å². The van der Waals surface area contributed by atoms with E-state index < -0.39 is 17.7 Å². The lowest BCUT2D eigenvalue weighted by Gasteiger charge is -2.30. The largest absolute Gasteiger partial charge is 0.301 e. The molecule has 0 saturated carbocycles. The quantitative estimate of drug-likeness (QED) is 0.492. The molecule has 1 heterocycles. The van der Waals surface area contributed by atoms with Gasteiger partial charge in [-0.15, -0.1) is 0 Å². The first-order valence-electron chi connectivity index (χ1n) is 7.20. The Bertz CT molecular complexity index is 887. The summed E-state index contributed by atoms with van der Waals surface area (Å²) in [5.41, 5.74) is 0.978. The number of hydrogen-bond acceptors (Lipinski definition) is 4. The molecule has 0 aliphatic carbocycles. The molecule has 25 heavy (non-hydrogen) atoms. The van der Waals surface area contributed by atoms with Crippen LogP contribution in [0.1, 0.15) is 0 Å². The molecular weight excluding hydrogens is 381 g/mol. The van der Waals surface area contributed by atoms with E-state index in [1.165, 1.54) is 17.2 Å². The highest BCUT2D eigenvalue weighted by Crippen LogP contribution is 2.28. The zero-order valence-corrected chi connectivity index (χ0v) is 15.0. The molecule has 1 aliphatic heterocycles. The molecule has 0 spiro atoms. The number of para-hydroxylation sites is 1. The van der Waals surface area contributed by atoms with Crippen molar-refractivity contribution in [1.82, 2.24) is 5.32 Å². The Balaban J connectivity index is 1.90. The van der Waals surface area contributed by atoms with Gasteiger partial charge < -0.3 is 5.32 Å². The van der Waals surface area contributed by atoms with Crippen LogP contribution in [0.2, 0.25) is 10.0 Å². The fourth-order valence-corrected chi connectivity index (χ4v) is 3.04. The van der Waals surface area contributed by atoms with Gasteiger partial charge in [0.15, 0.2) is 11.0 Å². The number of rotatable bonds is 3. The zero-order chi connectivity index (χ0) is 18.0. The molecule has 3 rings (SSSR count). The lowest BCUT2D eigenvalue weighted by atomic mass is 10.1. The highest BCUT2D eigenvalue weighted by molar-refractivity contribution is 7.80. The minimum absolute atomic E-state index is 0.0374. The number of benzene rings is 2. The second-order valence-electron chi connectivity index (χ2n) is 5.16. The number of amides is 2. The average molecular weight is 392 g/mol. The van der Waals surface area contributed by atoms with Gasteiger partial charge in [-0.25, -0.2) is 0 Å². The van der Waals surface area contributed by atoms with Crippen molar-refractivity contribution in [2.24, 2.45) is 10.9 Å². The average Bonchev–Trinajstić information content (AvgIpc) is 2.57. The van der Waals surface area contributed by atoms with Gasteiger partial charge in [-0.3, -0.25) is 19.5 Å². The van der Waals surface area contributed by atoms with E-state index >= 15 is 0 Å². The summed E-state index contributed by atoms with van der Waals surface area (Å²) in [4.78, 5) is 30.3. The molecule has 0 bridgehead atoms. The summed E-state index contributed by atoms with van der Waals surface area (Å²) in [6, 6.07) is 13.6. The van der Waals surface area contributed by atoms with E-state index in [9.17, 15) is 9.59 Å². The molecule has 1 atom stereocenters. The highest BCUT2D eigenvalue weighted by atomic mass is 35.5. The van der Waals surface area contributed by atoms with Crippen LogP contribution in [0.15, 0.2) is 53.5 Å². The van der Waals surface area contributed by atoms with Crippen LogP contribution in [0.3, 0.4) is 0 Å². The Morgan fingerprint density at radius 1 is 1.12 bits per heavy atom. The maximum absolute atomic E-state index is 12.7. The zero-order valence-electron chi connectivity index (χ0n) is 12.6. The van der Waals surface area contributed by atoms with Crippen molar-refractivity contribution in [2.45, 2.75) is 0 Å². The van der Waals surface area contributed by atoms with Crippen molar-refractivity contribution < 1.29 is 9.59 Å². The lowest BCUT2D eigenvalue weighted by Crippen LogP contribution is -2.58. The molecule has 5 nitrogen and oxygen atoms in total. The predicted molar refractivity (Wildman–Crippen MR) is 103 cm³/mol. The maximum Gasteiger partial charge on any atom is 0.251 e. The fraction of sp³-hybridized carbons (Fsp3) is 0.0588. The van der Waals surface area contributed by atoms with E-state index in [-0.39, 0.29) is 5.11 Å². The van der Waals surface area contributed by atoms with E-state index in [0.29, 0.717) is 21.4 Å². The van der Waals surface area contributed by atoms with E-state index in [2.05, 4.69) is 10.3 Å². The van der Waals surface area contributed by atoms with Gasteiger partial charge in [0.2, 0.25) is 5.91 Å². The second kappa shape index (κ2) is 7.31. The Hall–Kier alpha value is -2.28. The van der Waals surface area contributed by atoms with Gasteiger partial charge in [0.25, 0.3) is 5.91 Å². The first-order chi connectivity index (χ1) is 12.0. The molecule has 2 aromatic carbocycles. The van der Waals surface area contributed by atoms with Gasteiger partial charge in [0, 0.05) is 11.2 Å². The summed E-state index contributed by atoms with van der Waals surface area (Å²) in [6.07, 6.45) is 1.25. The lowest BCUT2D eigenvalue weighted by molar-refractivity contribution is -0.130. The summed E-state index contributed by atoms with van der Waals surface area (Å²) in [5, 5.41) is 3.35. The van der Waals surface area contributed by atoms with Crippen molar-refractivity contribution in [3.05, 3.63) is 58.6 Å².